The lowest BCUT2D eigenvalue weighted by Gasteiger charge is -2.30. The van der Waals surface area contributed by atoms with E-state index < -0.39 is 0 Å². The van der Waals surface area contributed by atoms with E-state index in [1.54, 1.807) is 7.05 Å². The number of rotatable bonds is 5. The van der Waals surface area contributed by atoms with Crippen molar-refractivity contribution in [3.05, 3.63) is 35.4 Å². The molecule has 0 aliphatic carbocycles. The first-order chi connectivity index (χ1) is 10.0. The van der Waals surface area contributed by atoms with Crippen LogP contribution in [0.2, 0.25) is 0 Å². The Morgan fingerprint density at radius 2 is 1.95 bits per heavy atom. The molecule has 0 aromatic heterocycles. The summed E-state index contributed by atoms with van der Waals surface area (Å²) >= 11 is 0. The molecule has 4 nitrogen and oxygen atoms in total. The Morgan fingerprint density at radius 3 is 2.57 bits per heavy atom. The molecule has 1 aliphatic rings. The normalized spacial score (nSPS) is 20.7. The van der Waals surface area contributed by atoms with Gasteiger partial charge in [-0.3, -0.25) is 19.8 Å². The number of amides is 2. The van der Waals surface area contributed by atoms with Crippen molar-refractivity contribution in [2.75, 3.05) is 7.05 Å². The van der Waals surface area contributed by atoms with Gasteiger partial charge in [0.05, 0.1) is 6.04 Å². The van der Waals surface area contributed by atoms with Crippen LogP contribution in [0.4, 0.5) is 0 Å². The largest absolute Gasteiger partial charge is 0.299 e. The maximum Gasteiger partial charge on any atom is 0.246 e. The minimum atomic E-state index is -0.266. The van der Waals surface area contributed by atoms with E-state index in [1.165, 1.54) is 16.0 Å². The Labute approximate surface area is 126 Å². The number of likely N-dealkylation sites (tertiary alicyclic amines) is 1. The fourth-order valence-electron chi connectivity index (χ4n) is 2.73. The van der Waals surface area contributed by atoms with Crippen LogP contribution in [0.15, 0.2) is 24.3 Å². The van der Waals surface area contributed by atoms with Crippen LogP contribution in [0.5, 0.6) is 0 Å². The molecule has 1 N–H and O–H groups in total. The standard InChI is InChI=1S/C17H24N2O2/c1-4-5-13-6-8-14(9-7-13)12(2)18-15-10-11-16(20)19(3)17(15)21/h6-9,12,15,18H,4-5,10-11H2,1-3H3. The summed E-state index contributed by atoms with van der Waals surface area (Å²) < 4.78 is 0. The zero-order valence-corrected chi connectivity index (χ0v) is 13.1. The van der Waals surface area contributed by atoms with Gasteiger partial charge in [0.1, 0.15) is 0 Å². The smallest absolute Gasteiger partial charge is 0.246 e. The van der Waals surface area contributed by atoms with Crippen LogP contribution in [0.1, 0.15) is 50.3 Å². The maximum absolute atomic E-state index is 12.1. The number of nitrogens with zero attached hydrogens (tertiary/aromatic N) is 1. The molecule has 1 aromatic rings. The van der Waals surface area contributed by atoms with Crippen LogP contribution in [-0.4, -0.2) is 29.8 Å². The van der Waals surface area contributed by atoms with E-state index in [1.807, 2.05) is 0 Å². The first kappa shape index (κ1) is 15.7. The number of nitrogens with one attached hydrogen (secondary N) is 1. The number of piperidine rings is 1. The molecule has 0 bridgehead atoms. The zero-order valence-electron chi connectivity index (χ0n) is 13.1. The van der Waals surface area contributed by atoms with Gasteiger partial charge in [0.2, 0.25) is 11.8 Å². The predicted molar refractivity (Wildman–Crippen MR) is 82.8 cm³/mol. The van der Waals surface area contributed by atoms with Crippen molar-refractivity contribution in [3.8, 4) is 0 Å². The molecular weight excluding hydrogens is 264 g/mol. The second-order valence-corrected chi connectivity index (χ2v) is 5.76. The number of carbonyl (C=O) groups excluding carboxylic acids is 2. The highest BCUT2D eigenvalue weighted by atomic mass is 16.2. The van der Waals surface area contributed by atoms with Gasteiger partial charge in [-0.05, 0) is 30.9 Å². The zero-order chi connectivity index (χ0) is 15.4. The molecule has 2 rings (SSSR count). The summed E-state index contributed by atoms with van der Waals surface area (Å²) in [6.45, 7) is 4.23. The number of likely N-dealkylation sites (N-methyl/N-ethyl adjacent to an activating group) is 1. The molecule has 0 spiro atoms. The number of carbonyl (C=O) groups is 2. The fourth-order valence-corrected chi connectivity index (χ4v) is 2.73. The lowest BCUT2D eigenvalue weighted by atomic mass is 10.00. The van der Waals surface area contributed by atoms with E-state index in [4.69, 9.17) is 0 Å². The van der Waals surface area contributed by atoms with Gasteiger partial charge in [-0.15, -0.1) is 0 Å². The molecule has 1 aromatic carbocycles. The lowest BCUT2D eigenvalue weighted by molar-refractivity contribution is -0.148. The molecule has 2 amide bonds. The van der Waals surface area contributed by atoms with Crippen LogP contribution in [0, 0.1) is 0 Å². The molecule has 1 heterocycles. The Hall–Kier alpha value is -1.68. The van der Waals surface area contributed by atoms with Gasteiger partial charge in [-0.25, -0.2) is 0 Å². The summed E-state index contributed by atoms with van der Waals surface area (Å²) in [5, 5.41) is 3.34. The summed E-state index contributed by atoms with van der Waals surface area (Å²) in [4.78, 5) is 24.8. The van der Waals surface area contributed by atoms with E-state index in [0.29, 0.717) is 12.8 Å². The van der Waals surface area contributed by atoms with Crippen molar-refractivity contribution >= 4 is 11.8 Å². The van der Waals surface area contributed by atoms with Crippen LogP contribution >= 0.6 is 0 Å². The number of hydrogen-bond acceptors (Lipinski definition) is 3. The highest BCUT2D eigenvalue weighted by Gasteiger charge is 2.32. The van der Waals surface area contributed by atoms with E-state index in [9.17, 15) is 9.59 Å². The molecule has 2 atom stereocenters. The fraction of sp³-hybridized carbons (Fsp3) is 0.529. The summed E-state index contributed by atoms with van der Waals surface area (Å²) in [7, 11) is 1.56. The average molecular weight is 288 g/mol. The minimum Gasteiger partial charge on any atom is -0.299 e. The predicted octanol–water partition coefficient (Wildman–Crippen LogP) is 2.44. The number of imide groups is 1. The van der Waals surface area contributed by atoms with Gasteiger partial charge in [-0.2, -0.15) is 0 Å². The number of hydrogen-bond donors (Lipinski definition) is 1. The van der Waals surface area contributed by atoms with Gasteiger partial charge in [0, 0.05) is 19.5 Å². The molecule has 0 radical (unpaired) electrons. The van der Waals surface area contributed by atoms with Gasteiger partial charge in [0.15, 0.2) is 0 Å². The van der Waals surface area contributed by atoms with Gasteiger partial charge >= 0.3 is 0 Å². The second kappa shape index (κ2) is 6.85. The molecule has 4 heteroatoms. The molecule has 21 heavy (non-hydrogen) atoms. The second-order valence-electron chi connectivity index (χ2n) is 5.76. The lowest BCUT2D eigenvalue weighted by Crippen LogP contribution is -2.51. The third kappa shape index (κ3) is 3.70. The highest BCUT2D eigenvalue weighted by molar-refractivity contribution is 6.00. The average Bonchev–Trinajstić information content (AvgIpc) is 2.49. The molecular formula is C17H24N2O2. The molecule has 1 saturated heterocycles. The van der Waals surface area contributed by atoms with Crippen molar-refractivity contribution in [1.82, 2.24) is 10.2 Å². The van der Waals surface area contributed by atoms with E-state index in [-0.39, 0.29) is 23.9 Å². The van der Waals surface area contributed by atoms with E-state index in [0.717, 1.165) is 12.8 Å². The Bertz CT molecular complexity index is 510. The molecule has 1 aliphatic heterocycles. The van der Waals surface area contributed by atoms with Crippen molar-refractivity contribution < 1.29 is 9.59 Å². The quantitative estimate of drug-likeness (QED) is 0.847. The van der Waals surface area contributed by atoms with E-state index in [2.05, 4.69) is 43.4 Å². The molecule has 1 fully saturated rings. The first-order valence-corrected chi connectivity index (χ1v) is 7.68. The van der Waals surface area contributed by atoms with E-state index >= 15 is 0 Å². The molecule has 114 valence electrons. The first-order valence-electron chi connectivity index (χ1n) is 7.68. The Balaban J connectivity index is 1.99. The van der Waals surface area contributed by atoms with Crippen LogP contribution in [0.3, 0.4) is 0 Å². The van der Waals surface area contributed by atoms with Crippen molar-refractivity contribution in [3.63, 3.8) is 0 Å². The van der Waals surface area contributed by atoms with Crippen LogP contribution in [-0.2, 0) is 16.0 Å². The summed E-state index contributed by atoms with van der Waals surface area (Å²) in [5.41, 5.74) is 2.51. The number of aryl methyl sites for hydroxylation is 1. The Morgan fingerprint density at radius 1 is 1.29 bits per heavy atom. The maximum atomic E-state index is 12.1. The van der Waals surface area contributed by atoms with Crippen LogP contribution in [0.25, 0.3) is 0 Å². The molecule has 2 unspecified atom stereocenters. The molecule has 0 saturated carbocycles. The monoisotopic (exact) mass is 288 g/mol. The topological polar surface area (TPSA) is 49.4 Å². The summed E-state index contributed by atoms with van der Waals surface area (Å²) in [6, 6.07) is 8.36. The van der Waals surface area contributed by atoms with Crippen LogP contribution < -0.4 is 5.32 Å². The summed E-state index contributed by atoms with van der Waals surface area (Å²) in [5.74, 6) is -0.213. The SMILES string of the molecule is CCCc1ccc(C(C)NC2CCC(=O)N(C)C2=O)cc1. The van der Waals surface area contributed by atoms with Crippen molar-refractivity contribution in [2.24, 2.45) is 0 Å². The number of benzene rings is 1. The van der Waals surface area contributed by atoms with Gasteiger partial charge in [-0.1, -0.05) is 37.6 Å². The van der Waals surface area contributed by atoms with Gasteiger partial charge < -0.3 is 0 Å². The summed E-state index contributed by atoms with van der Waals surface area (Å²) in [6.07, 6.45) is 3.25. The third-order valence-corrected chi connectivity index (χ3v) is 4.12. The third-order valence-electron chi connectivity index (χ3n) is 4.12. The van der Waals surface area contributed by atoms with Gasteiger partial charge in [0.25, 0.3) is 0 Å². The Kier molecular flexibility index (Phi) is 5.12. The van der Waals surface area contributed by atoms with Crippen molar-refractivity contribution in [1.29, 1.82) is 0 Å². The van der Waals surface area contributed by atoms with Crippen molar-refractivity contribution in [2.45, 2.75) is 51.6 Å². The minimum absolute atomic E-state index is 0.0883. The highest BCUT2D eigenvalue weighted by Crippen LogP contribution is 2.18.